The van der Waals surface area contributed by atoms with Crippen molar-refractivity contribution in [2.75, 3.05) is 46.9 Å². The summed E-state index contributed by atoms with van der Waals surface area (Å²) in [6.07, 6.45) is 5.17. The van der Waals surface area contributed by atoms with Gasteiger partial charge in [-0.1, -0.05) is 6.42 Å². The highest BCUT2D eigenvalue weighted by atomic mass is 32.1. The number of likely N-dealkylation sites (N-methyl/N-ethyl adjacent to an activating group) is 1. The first-order chi connectivity index (χ1) is 11.6. The topological polar surface area (TPSA) is 54.9 Å². The van der Waals surface area contributed by atoms with E-state index in [9.17, 15) is 4.79 Å². The van der Waals surface area contributed by atoms with Crippen molar-refractivity contribution in [1.82, 2.24) is 14.8 Å². The molecule has 7 heteroatoms. The number of hydrogen-bond acceptors (Lipinski definition) is 6. The van der Waals surface area contributed by atoms with Crippen LogP contribution < -0.4 is 0 Å². The van der Waals surface area contributed by atoms with Gasteiger partial charge in [-0.15, -0.1) is 11.3 Å². The van der Waals surface area contributed by atoms with Crippen LogP contribution in [-0.4, -0.2) is 73.2 Å². The third-order valence-electron chi connectivity index (χ3n) is 5.07. The number of ether oxygens (including phenoxy) is 2. The van der Waals surface area contributed by atoms with Crippen molar-refractivity contribution in [2.24, 2.45) is 5.92 Å². The summed E-state index contributed by atoms with van der Waals surface area (Å²) in [7, 11) is 3.62. The molecular formula is C17H27N3O3S. The number of carbonyl (C=O) groups excluding carboxylic acids is 1. The second kappa shape index (κ2) is 7.91. The highest BCUT2D eigenvalue weighted by Gasteiger charge is 2.47. The summed E-state index contributed by atoms with van der Waals surface area (Å²) in [5.41, 5.74) is -0.145. The Hall–Kier alpha value is -1.02. The van der Waals surface area contributed by atoms with Gasteiger partial charge in [0.05, 0.1) is 32.0 Å². The highest BCUT2D eigenvalue weighted by molar-refractivity contribution is 7.09. The van der Waals surface area contributed by atoms with E-state index in [0.717, 1.165) is 30.9 Å². The fraction of sp³-hybridized carbons (Fsp3) is 0.765. The van der Waals surface area contributed by atoms with Crippen molar-refractivity contribution in [3.05, 3.63) is 16.6 Å². The van der Waals surface area contributed by atoms with E-state index >= 15 is 0 Å². The molecule has 2 heterocycles. The van der Waals surface area contributed by atoms with Gasteiger partial charge in [0.1, 0.15) is 5.01 Å². The Kier molecular flexibility index (Phi) is 5.86. The first-order valence-electron chi connectivity index (χ1n) is 8.62. The van der Waals surface area contributed by atoms with E-state index in [1.807, 2.05) is 25.7 Å². The van der Waals surface area contributed by atoms with Crippen LogP contribution in [0.15, 0.2) is 11.6 Å². The molecule has 3 rings (SSSR count). The first-order valence-corrected chi connectivity index (χ1v) is 9.49. The molecule has 2 aliphatic rings. The molecular weight excluding hydrogens is 326 g/mol. The third kappa shape index (κ3) is 4.14. The molecule has 6 nitrogen and oxygen atoms in total. The van der Waals surface area contributed by atoms with Crippen LogP contribution in [0.4, 0.5) is 0 Å². The highest BCUT2D eigenvalue weighted by Crippen LogP contribution is 2.41. The van der Waals surface area contributed by atoms with Crippen LogP contribution in [0.1, 0.15) is 24.3 Å². The first kappa shape index (κ1) is 17.8. The van der Waals surface area contributed by atoms with Gasteiger partial charge in [0.2, 0.25) is 5.91 Å². The van der Waals surface area contributed by atoms with Crippen molar-refractivity contribution in [3.63, 3.8) is 0 Å². The van der Waals surface area contributed by atoms with Gasteiger partial charge in [-0.05, 0) is 12.8 Å². The predicted octanol–water partition coefficient (Wildman–Crippen LogP) is 1.62. The predicted molar refractivity (Wildman–Crippen MR) is 92.9 cm³/mol. The third-order valence-corrected chi connectivity index (χ3v) is 5.82. The molecule has 1 aliphatic carbocycles. The van der Waals surface area contributed by atoms with Crippen molar-refractivity contribution >= 4 is 17.2 Å². The SMILES string of the molecule is CN(C)C(=O)CN1CCO[C@@]2(CCC[C@H]2COCc2nccs2)C1. The molecule has 2 fully saturated rings. The van der Waals surface area contributed by atoms with Crippen molar-refractivity contribution < 1.29 is 14.3 Å². The minimum absolute atomic E-state index is 0.145. The number of hydrogen-bond donors (Lipinski definition) is 0. The lowest BCUT2D eigenvalue weighted by atomic mass is 9.89. The van der Waals surface area contributed by atoms with Gasteiger partial charge in [-0.25, -0.2) is 4.98 Å². The summed E-state index contributed by atoms with van der Waals surface area (Å²) in [6.45, 7) is 4.11. The Bertz CT molecular complexity index is 537. The molecule has 1 saturated carbocycles. The Balaban J connectivity index is 1.54. The molecule has 1 aliphatic heterocycles. The Morgan fingerprint density at radius 2 is 2.46 bits per heavy atom. The van der Waals surface area contributed by atoms with E-state index in [2.05, 4.69) is 9.88 Å². The monoisotopic (exact) mass is 353 g/mol. The standard InChI is InChI=1S/C17H27N3O3S/c1-19(2)16(21)10-20-7-8-23-17(13-20)5-3-4-14(17)11-22-12-15-18-6-9-24-15/h6,9,14H,3-5,7-8,10-13H2,1-2H3/t14-,17-/m0/s1. The van der Waals surface area contributed by atoms with E-state index < -0.39 is 0 Å². The van der Waals surface area contributed by atoms with Crippen LogP contribution in [0.5, 0.6) is 0 Å². The van der Waals surface area contributed by atoms with Gasteiger partial charge >= 0.3 is 0 Å². The minimum Gasteiger partial charge on any atom is -0.374 e. The maximum Gasteiger partial charge on any atom is 0.236 e. The van der Waals surface area contributed by atoms with E-state index in [4.69, 9.17) is 9.47 Å². The number of thiazole rings is 1. The summed E-state index contributed by atoms with van der Waals surface area (Å²) in [5, 5.41) is 2.99. The van der Waals surface area contributed by atoms with Crippen molar-refractivity contribution in [2.45, 2.75) is 31.5 Å². The van der Waals surface area contributed by atoms with Gasteiger partial charge < -0.3 is 14.4 Å². The number of rotatable bonds is 6. The lowest BCUT2D eigenvalue weighted by Crippen LogP contribution is -2.56. The van der Waals surface area contributed by atoms with E-state index in [0.29, 0.717) is 32.3 Å². The number of aromatic nitrogens is 1. The van der Waals surface area contributed by atoms with E-state index in [1.165, 1.54) is 6.42 Å². The molecule has 0 aromatic carbocycles. The molecule has 1 aromatic rings. The largest absolute Gasteiger partial charge is 0.374 e. The number of morpholine rings is 1. The summed E-state index contributed by atoms with van der Waals surface area (Å²) in [6, 6.07) is 0. The van der Waals surface area contributed by atoms with Gasteiger partial charge in [-0.2, -0.15) is 0 Å². The molecule has 134 valence electrons. The van der Waals surface area contributed by atoms with Gasteiger partial charge in [0, 0.05) is 44.7 Å². The Labute approximate surface area is 147 Å². The van der Waals surface area contributed by atoms with Crippen LogP contribution in [0.25, 0.3) is 0 Å². The average molecular weight is 353 g/mol. The average Bonchev–Trinajstić information content (AvgIpc) is 3.19. The van der Waals surface area contributed by atoms with Gasteiger partial charge in [-0.3, -0.25) is 9.69 Å². The maximum absolute atomic E-state index is 12.0. The quantitative estimate of drug-likeness (QED) is 0.778. The number of nitrogens with zero attached hydrogens (tertiary/aromatic N) is 3. The molecule has 1 aromatic heterocycles. The van der Waals surface area contributed by atoms with Gasteiger partial charge in [0.15, 0.2) is 0 Å². The zero-order valence-electron chi connectivity index (χ0n) is 14.6. The van der Waals surface area contributed by atoms with E-state index in [1.54, 1.807) is 16.2 Å². The molecule has 1 saturated heterocycles. The molecule has 1 amide bonds. The number of carbonyl (C=O) groups is 1. The van der Waals surface area contributed by atoms with Gasteiger partial charge in [0.25, 0.3) is 0 Å². The second-order valence-electron chi connectivity index (χ2n) is 6.94. The summed E-state index contributed by atoms with van der Waals surface area (Å²) < 4.78 is 12.2. The zero-order chi connectivity index (χ0) is 17.0. The normalized spacial score (nSPS) is 27.7. The zero-order valence-corrected chi connectivity index (χ0v) is 15.4. The molecule has 1 spiro atoms. The number of amides is 1. The van der Waals surface area contributed by atoms with Crippen LogP contribution >= 0.6 is 11.3 Å². The molecule has 0 N–H and O–H groups in total. The second-order valence-corrected chi connectivity index (χ2v) is 7.92. The molecule has 0 unspecified atom stereocenters. The fourth-order valence-corrected chi connectivity index (χ4v) is 4.26. The van der Waals surface area contributed by atoms with E-state index in [-0.39, 0.29) is 11.5 Å². The van der Waals surface area contributed by atoms with Crippen LogP contribution in [0.2, 0.25) is 0 Å². The Morgan fingerprint density at radius 3 is 3.21 bits per heavy atom. The Morgan fingerprint density at radius 1 is 1.58 bits per heavy atom. The van der Waals surface area contributed by atoms with Crippen molar-refractivity contribution in [1.29, 1.82) is 0 Å². The maximum atomic E-state index is 12.0. The van der Waals surface area contributed by atoms with Crippen molar-refractivity contribution in [3.8, 4) is 0 Å². The summed E-state index contributed by atoms with van der Waals surface area (Å²) in [5.74, 6) is 0.552. The fourth-order valence-electron chi connectivity index (χ4n) is 3.71. The van der Waals surface area contributed by atoms with Crippen LogP contribution in [0, 0.1) is 5.92 Å². The molecule has 24 heavy (non-hydrogen) atoms. The minimum atomic E-state index is -0.145. The van der Waals surface area contributed by atoms with Crippen LogP contribution in [-0.2, 0) is 20.9 Å². The van der Waals surface area contributed by atoms with Crippen LogP contribution in [0.3, 0.4) is 0 Å². The molecule has 0 bridgehead atoms. The lowest BCUT2D eigenvalue weighted by Gasteiger charge is -2.44. The summed E-state index contributed by atoms with van der Waals surface area (Å²) in [4.78, 5) is 20.2. The molecule has 0 radical (unpaired) electrons. The summed E-state index contributed by atoms with van der Waals surface area (Å²) >= 11 is 1.62. The molecule has 2 atom stereocenters. The lowest BCUT2D eigenvalue weighted by molar-refractivity contribution is -0.150. The smallest absolute Gasteiger partial charge is 0.236 e.